The summed E-state index contributed by atoms with van der Waals surface area (Å²) in [4.78, 5) is 9.52. The van der Waals surface area contributed by atoms with Crippen molar-refractivity contribution in [2.24, 2.45) is 0 Å². The van der Waals surface area contributed by atoms with Crippen LogP contribution < -0.4 is 4.74 Å². The molecule has 1 aromatic carbocycles. The number of imidazole rings is 1. The topological polar surface area (TPSA) is 39.4 Å². The first-order valence-corrected chi connectivity index (χ1v) is 7.37. The van der Waals surface area contributed by atoms with E-state index in [9.17, 15) is 0 Å². The lowest BCUT2D eigenvalue weighted by Gasteiger charge is -2.16. The molecule has 1 aliphatic rings. The second-order valence-corrected chi connectivity index (χ2v) is 5.42. The summed E-state index contributed by atoms with van der Waals surface area (Å²) in [7, 11) is 1.67. The minimum absolute atomic E-state index is 0.625. The van der Waals surface area contributed by atoms with Crippen molar-refractivity contribution < 1.29 is 4.74 Å². The van der Waals surface area contributed by atoms with Crippen LogP contribution in [0.15, 0.2) is 36.5 Å². The molecular formula is C17H17N3O. The zero-order chi connectivity index (χ0) is 14.2. The molecule has 2 heterocycles. The average molecular weight is 279 g/mol. The van der Waals surface area contributed by atoms with E-state index in [1.807, 2.05) is 28.8 Å². The lowest BCUT2D eigenvalue weighted by Crippen LogP contribution is -2.10. The number of fused-ring (bicyclic) bond motifs is 3. The van der Waals surface area contributed by atoms with Crippen molar-refractivity contribution in [1.29, 1.82) is 0 Å². The Hall–Kier alpha value is -2.36. The lowest BCUT2D eigenvalue weighted by molar-refractivity contribution is 0.370. The van der Waals surface area contributed by atoms with E-state index in [0.717, 1.165) is 35.4 Å². The molecule has 0 saturated carbocycles. The molecule has 0 spiro atoms. The van der Waals surface area contributed by atoms with Crippen LogP contribution in [0.2, 0.25) is 0 Å². The summed E-state index contributed by atoms with van der Waals surface area (Å²) >= 11 is 0. The first-order valence-electron chi connectivity index (χ1n) is 7.37. The number of rotatable bonds is 2. The normalized spacial score (nSPS) is 14.1. The number of nitrogens with zero attached hydrogens (tertiary/aromatic N) is 3. The van der Waals surface area contributed by atoms with Crippen molar-refractivity contribution in [3.8, 4) is 17.3 Å². The molecule has 4 rings (SSSR count). The van der Waals surface area contributed by atoms with Gasteiger partial charge >= 0.3 is 6.01 Å². The van der Waals surface area contributed by atoms with Gasteiger partial charge in [-0.25, -0.2) is 9.97 Å². The highest BCUT2D eigenvalue weighted by Crippen LogP contribution is 2.29. The number of methoxy groups -OCH3 is 1. The Kier molecular flexibility index (Phi) is 2.88. The van der Waals surface area contributed by atoms with Crippen LogP contribution in [-0.4, -0.2) is 21.5 Å². The van der Waals surface area contributed by atoms with Crippen LogP contribution in [0.4, 0.5) is 0 Å². The minimum atomic E-state index is 0.625. The Morgan fingerprint density at radius 1 is 1.05 bits per heavy atom. The Morgan fingerprint density at radius 2 is 1.86 bits per heavy atom. The molecule has 0 saturated heterocycles. The maximum atomic E-state index is 5.45. The SMILES string of the molecule is COc1nc2c(c3nc(-c4ccccc4)cn13)CCCC2. The third kappa shape index (κ3) is 1.98. The first kappa shape index (κ1) is 12.4. The van der Waals surface area contributed by atoms with Crippen LogP contribution in [0.5, 0.6) is 6.01 Å². The molecule has 0 N–H and O–H groups in total. The van der Waals surface area contributed by atoms with Gasteiger partial charge in [0.1, 0.15) is 5.65 Å². The summed E-state index contributed by atoms with van der Waals surface area (Å²) in [6.07, 6.45) is 6.51. The zero-order valence-corrected chi connectivity index (χ0v) is 12.0. The first-order chi connectivity index (χ1) is 10.4. The van der Waals surface area contributed by atoms with Crippen molar-refractivity contribution in [2.75, 3.05) is 7.11 Å². The van der Waals surface area contributed by atoms with Gasteiger partial charge < -0.3 is 4.74 Å². The van der Waals surface area contributed by atoms with E-state index >= 15 is 0 Å². The van der Waals surface area contributed by atoms with Crippen LogP contribution in [0, 0.1) is 0 Å². The third-order valence-corrected chi connectivity index (χ3v) is 4.10. The quantitative estimate of drug-likeness (QED) is 0.722. The second-order valence-electron chi connectivity index (χ2n) is 5.42. The van der Waals surface area contributed by atoms with E-state index in [2.05, 4.69) is 17.1 Å². The van der Waals surface area contributed by atoms with E-state index in [1.165, 1.54) is 18.4 Å². The molecule has 0 amide bonds. The molecular weight excluding hydrogens is 262 g/mol. The van der Waals surface area contributed by atoms with Gasteiger partial charge in [0.15, 0.2) is 0 Å². The fraction of sp³-hybridized carbons (Fsp3) is 0.294. The van der Waals surface area contributed by atoms with Gasteiger partial charge in [-0.05, 0) is 25.7 Å². The van der Waals surface area contributed by atoms with Gasteiger partial charge in [-0.15, -0.1) is 0 Å². The van der Waals surface area contributed by atoms with Gasteiger partial charge in [0, 0.05) is 17.3 Å². The molecule has 2 aromatic heterocycles. The minimum Gasteiger partial charge on any atom is -0.468 e. The van der Waals surface area contributed by atoms with E-state index in [1.54, 1.807) is 7.11 Å². The van der Waals surface area contributed by atoms with E-state index in [-0.39, 0.29) is 0 Å². The largest absolute Gasteiger partial charge is 0.468 e. The fourth-order valence-electron chi connectivity index (χ4n) is 3.05. The summed E-state index contributed by atoms with van der Waals surface area (Å²) in [5.41, 5.74) is 5.51. The van der Waals surface area contributed by atoms with Crippen LogP contribution in [0.25, 0.3) is 16.9 Å². The van der Waals surface area contributed by atoms with Crippen molar-refractivity contribution in [3.63, 3.8) is 0 Å². The highest BCUT2D eigenvalue weighted by Gasteiger charge is 2.20. The molecule has 4 nitrogen and oxygen atoms in total. The maximum Gasteiger partial charge on any atom is 0.302 e. The van der Waals surface area contributed by atoms with Crippen LogP contribution in [-0.2, 0) is 12.8 Å². The molecule has 3 aromatic rings. The average Bonchev–Trinajstić information content (AvgIpc) is 3.00. The summed E-state index contributed by atoms with van der Waals surface area (Å²) in [6.45, 7) is 0. The summed E-state index contributed by atoms with van der Waals surface area (Å²) in [6, 6.07) is 10.9. The number of ether oxygens (including phenoxy) is 1. The molecule has 106 valence electrons. The molecule has 0 atom stereocenters. The fourth-order valence-corrected chi connectivity index (χ4v) is 3.05. The highest BCUT2D eigenvalue weighted by atomic mass is 16.5. The standard InChI is InChI=1S/C17H17N3O/c1-21-17-19-14-10-6-5-9-13(14)16-18-15(11-20(16)17)12-7-3-2-4-8-12/h2-4,7-8,11H,5-6,9-10H2,1H3. The van der Waals surface area contributed by atoms with Crippen molar-refractivity contribution in [1.82, 2.24) is 14.4 Å². The molecule has 0 bridgehead atoms. The number of aromatic nitrogens is 3. The molecule has 0 fully saturated rings. The van der Waals surface area contributed by atoms with E-state index in [4.69, 9.17) is 9.72 Å². The third-order valence-electron chi connectivity index (χ3n) is 4.10. The van der Waals surface area contributed by atoms with Crippen LogP contribution in [0.3, 0.4) is 0 Å². The predicted octanol–water partition coefficient (Wildman–Crippen LogP) is 3.28. The van der Waals surface area contributed by atoms with Crippen molar-refractivity contribution in [2.45, 2.75) is 25.7 Å². The zero-order valence-electron chi connectivity index (χ0n) is 12.0. The lowest BCUT2D eigenvalue weighted by atomic mass is 9.97. The smallest absolute Gasteiger partial charge is 0.302 e. The van der Waals surface area contributed by atoms with Gasteiger partial charge in [-0.2, -0.15) is 0 Å². The van der Waals surface area contributed by atoms with Gasteiger partial charge in [0.2, 0.25) is 0 Å². The van der Waals surface area contributed by atoms with E-state index in [0.29, 0.717) is 6.01 Å². The molecule has 0 unspecified atom stereocenters. The summed E-state index contributed by atoms with van der Waals surface area (Å²) in [5, 5.41) is 0. The summed E-state index contributed by atoms with van der Waals surface area (Å²) < 4.78 is 7.43. The number of hydrogen-bond donors (Lipinski definition) is 0. The predicted molar refractivity (Wildman–Crippen MR) is 81.6 cm³/mol. The molecule has 4 heteroatoms. The number of benzene rings is 1. The van der Waals surface area contributed by atoms with Gasteiger partial charge in [-0.3, -0.25) is 4.40 Å². The van der Waals surface area contributed by atoms with Crippen LogP contribution in [0.1, 0.15) is 24.1 Å². The Balaban J connectivity index is 1.97. The molecule has 21 heavy (non-hydrogen) atoms. The molecule has 0 radical (unpaired) electrons. The Labute approximate surface area is 123 Å². The Morgan fingerprint density at radius 3 is 2.67 bits per heavy atom. The monoisotopic (exact) mass is 279 g/mol. The molecule has 1 aliphatic carbocycles. The number of aryl methyl sites for hydroxylation is 2. The van der Waals surface area contributed by atoms with E-state index < -0.39 is 0 Å². The molecule has 0 aliphatic heterocycles. The van der Waals surface area contributed by atoms with Crippen molar-refractivity contribution in [3.05, 3.63) is 47.8 Å². The number of hydrogen-bond acceptors (Lipinski definition) is 3. The van der Waals surface area contributed by atoms with Crippen LogP contribution >= 0.6 is 0 Å². The summed E-state index contributed by atoms with van der Waals surface area (Å²) in [5.74, 6) is 0. The Bertz CT molecular complexity index is 793. The van der Waals surface area contributed by atoms with Crippen molar-refractivity contribution >= 4 is 5.65 Å². The van der Waals surface area contributed by atoms with Gasteiger partial charge in [-0.1, -0.05) is 30.3 Å². The van der Waals surface area contributed by atoms with Gasteiger partial charge in [0.25, 0.3) is 0 Å². The maximum absolute atomic E-state index is 5.45. The highest BCUT2D eigenvalue weighted by molar-refractivity contribution is 5.65. The van der Waals surface area contributed by atoms with Gasteiger partial charge in [0.05, 0.1) is 18.5 Å². The second kappa shape index (κ2) is 4.88.